The van der Waals surface area contributed by atoms with Crippen LogP contribution in [0, 0.1) is 11.8 Å². The van der Waals surface area contributed by atoms with Crippen LogP contribution >= 0.6 is 0 Å². The highest BCUT2D eigenvalue weighted by molar-refractivity contribution is 5.89. The molecule has 0 spiro atoms. The predicted octanol–water partition coefficient (Wildman–Crippen LogP) is 2.17. The lowest BCUT2D eigenvalue weighted by molar-refractivity contribution is -0.133. The van der Waals surface area contributed by atoms with E-state index < -0.39 is 0 Å². The zero-order valence-corrected chi connectivity index (χ0v) is 16.4. The minimum absolute atomic E-state index is 0.00832. The van der Waals surface area contributed by atoms with Crippen LogP contribution in [0.3, 0.4) is 0 Å². The summed E-state index contributed by atoms with van der Waals surface area (Å²) in [5.74, 6) is 0.240. The zero-order valence-electron chi connectivity index (χ0n) is 16.4. The Hall–Kier alpha value is -2.66. The van der Waals surface area contributed by atoms with Crippen molar-refractivity contribution in [1.82, 2.24) is 16.0 Å². The Bertz CT molecular complexity index is 812. The first-order valence-corrected chi connectivity index (χ1v) is 10.6. The van der Waals surface area contributed by atoms with E-state index in [9.17, 15) is 9.59 Å². The molecule has 0 aromatic heterocycles. The SMILES string of the molecule is O=C(N[C@@H]1C[C@H]1c1ccccc1)C1CNCC1C(=O)N[C@@H]1C[C@H]1c1ccccc1. The Morgan fingerprint density at radius 2 is 1.10 bits per heavy atom. The fraction of sp³-hybridized carbons (Fsp3) is 0.417. The van der Waals surface area contributed by atoms with Gasteiger partial charge >= 0.3 is 0 Å². The van der Waals surface area contributed by atoms with E-state index in [1.807, 2.05) is 36.4 Å². The second-order valence-electron chi connectivity index (χ2n) is 8.61. The number of amides is 2. The second-order valence-corrected chi connectivity index (χ2v) is 8.61. The van der Waals surface area contributed by atoms with Crippen LogP contribution in [0.25, 0.3) is 0 Å². The van der Waals surface area contributed by atoms with Crippen molar-refractivity contribution in [2.24, 2.45) is 11.8 Å². The monoisotopic (exact) mass is 389 g/mol. The molecule has 2 aromatic rings. The molecule has 2 aromatic carbocycles. The zero-order chi connectivity index (χ0) is 19.8. The molecule has 6 atom stereocenters. The number of carbonyl (C=O) groups excluding carboxylic acids is 2. The maximum atomic E-state index is 12.8. The summed E-state index contributed by atoms with van der Waals surface area (Å²) in [5.41, 5.74) is 2.55. The number of benzene rings is 2. The first-order chi connectivity index (χ1) is 14.2. The molecular weight excluding hydrogens is 362 g/mol. The maximum Gasteiger partial charge on any atom is 0.225 e. The Labute approximate surface area is 171 Å². The first kappa shape index (κ1) is 18.4. The largest absolute Gasteiger partial charge is 0.352 e. The summed E-state index contributed by atoms with van der Waals surface area (Å²) >= 11 is 0. The van der Waals surface area contributed by atoms with Gasteiger partial charge in [-0.25, -0.2) is 0 Å². The van der Waals surface area contributed by atoms with Gasteiger partial charge in [0, 0.05) is 37.0 Å². The van der Waals surface area contributed by atoms with E-state index >= 15 is 0 Å². The molecule has 1 heterocycles. The van der Waals surface area contributed by atoms with E-state index in [0.29, 0.717) is 24.9 Å². The van der Waals surface area contributed by atoms with E-state index in [1.165, 1.54) is 11.1 Å². The van der Waals surface area contributed by atoms with Crippen LogP contribution in [-0.2, 0) is 9.59 Å². The van der Waals surface area contributed by atoms with Gasteiger partial charge in [0.1, 0.15) is 0 Å². The fourth-order valence-electron chi connectivity index (χ4n) is 4.66. The molecule has 3 fully saturated rings. The lowest BCUT2D eigenvalue weighted by Gasteiger charge is -2.18. The van der Waals surface area contributed by atoms with Crippen molar-refractivity contribution >= 4 is 11.8 Å². The highest BCUT2D eigenvalue weighted by atomic mass is 16.2. The van der Waals surface area contributed by atoms with Gasteiger partial charge in [-0.05, 0) is 24.0 Å². The van der Waals surface area contributed by atoms with Gasteiger partial charge in [-0.1, -0.05) is 60.7 Å². The molecular formula is C24H27N3O2. The van der Waals surface area contributed by atoms with Crippen molar-refractivity contribution in [2.75, 3.05) is 13.1 Å². The van der Waals surface area contributed by atoms with Gasteiger partial charge < -0.3 is 16.0 Å². The first-order valence-electron chi connectivity index (χ1n) is 10.6. The minimum Gasteiger partial charge on any atom is -0.352 e. The van der Waals surface area contributed by atoms with Crippen LogP contribution in [0.1, 0.15) is 35.8 Å². The van der Waals surface area contributed by atoms with Gasteiger partial charge in [0.25, 0.3) is 0 Å². The van der Waals surface area contributed by atoms with E-state index in [4.69, 9.17) is 0 Å². The third-order valence-electron chi connectivity index (χ3n) is 6.58. The molecule has 3 N–H and O–H groups in total. The van der Waals surface area contributed by atoms with Gasteiger partial charge in [-0.3, -0.25) is 9.59 Å². The molecule has 5 nitrogen and oxygen atoms in total. The van der Waals surface area contributed by atoms with Crippen molar-refractivity contribution in [3.8, 4) is 0 Å². The van der Waals surface area contributed by atoms with Crippen molar-refractivity contribution in [3.05, 3.63) is 71.8 Å². The number of hydrogen-bond donors (Lipinski definition) is 3. The lowest BCUT2D eigenvalue weighted by Crippen LogP contribution is -2.43. The third-order valence-corrected chi connectivity index (χ3v) is 6.58. The molecule has 5 heteroatoms. The van der Waals surface area contributed by atoms with Gasteiger partial charge in [0.05, 0.1) is 11.8 Å². The van der Waals surface area contributed by atoms with Gasteiger partial charge in [-0.2, -0.15) is 0 Å². The minimum atomic E-state index is -0.291. The number of hydrogen-bond acceptors (Lipinski definition) is 3. The second kappa shape index (κ2) is 7.64. The summed E-state index contributed by atoms with van der Waals surface area (Å²) in [6.45, 7) is 1.14. The summed E-state index contributed by atoms with van der Waals surface area (Å²) in [4.78, 5) is 25.7. The van der Waals surface area contributed by atoms with Crippen LogP contribution in [0.4, 0.5) is 0 Å². The van der Waals surface area contributed by atoms with Crippen molar-refractivity contribution in [2.45, 2.75) is 36.8 Å². The molecule has 150 valence electrons. The van der Waals surface area contributed by atoms with E-state index in [0.717, 1.165) is 12.8 Å². The van der Waals surface area contributed by atoms with E-state index in [1.54, 1.807) is 0 Å². The van der Waals surface area contributed by atoms with Gasteiger partial charge in [-0.15, -0.1) is 0 Å². The molecule has 5 rings (SSSR count). The van der Waals surface area contributed by atoms with Crippen molar-refractivity contribution in [3.63, 3.8) is 0 Å². The summed E-state index contributed by atoms with van der Waals surface area (Å²) in [5, 5.41) is 9.58. The predicted molar refractivity (Wildman–Crippen MR) is 111 cm³/mol. The standard InChI is InChI=1S/C24H27N3O2/c28-23(26-21-11-17(21)15-7-3-1-4-8-15)19-13-25-14-20(19)24(29)27-22-12-18(22)16-9-5-2-6-10-16/h1-10,17-22,25H,11-14H2,(H,26,28)(H,27,29)/t17-,18-,19?,20?,21+,22+/m0/s1. The Balaban J connectivity index is 1.14. The highest BCUT2D eigenvalue weighted by Gasteiger charge is 2.46. The van der Waals surface area contributed by atoms with Crippen LogP contribution in [0.2, 0.25) is 0 Å². The number of rotatable bonds is 6. The van der Waals surface area contributed by atoms with Gasteiger partial charge in [0.2, 0.25) is 11.8 Å². The number of carbonyl (C=O) groups is 2. The normalized spacial score (nSPS) is 32.4. The van der Waals surface area contributed by atoms with Gasteiger partial charge in [0.15, 0.2) is 0 Å². The smallest absolute Gasteiger partial charge is 0.225 e. The molecule has 29 heavy (non-hydrogen) atoms. The summed E-state index contributed by atoms with van der Waals surface area (Å²) in [6.07, 6.45) is 1.96. The summed E-state index contributed by atoms with van der Waals surface area (Å²) in [6, 6.07) is 21.0. The summed E-state index contributed by atoms with van der Waals surface area (Å²) in [7, 11) is 0. The third kappa shape index (κ3) is 3.92. The lowest BCUT2D eigenvalue weighted by atomic mass is 9.94. The molecule has 1 saturated heterocycles. The van der Waals surface area contributed by atoms with E-state index in [2.05, 4.69) is 40.2 Å². The van der Waals surface area contributed by atoms with Crippen molar-refractivity contribution in [1.29, 1.82) is 0 Å². The number of nitrogens with one attached hydrogen (secondary N) is 3. The molecule has 3 aliphatic rings. The van der Waals surface area contributed by atoms with Crippen LogP contribution in [0.15, 0.2) is 60.7 Å². The molecule has 1 aliphatic heterocycles. The van der Waals surface area contributed by atoms with Crippen molar-refractivity contribution < 1.29 is 9.59 Å². The molecule has 2 amide bonds. The van der Waals surface area contributed by atoms with Crippen LogP contribution in [-0.4, -0.2) is 37.0 Å². The topological polar surface area (TPSA) is 70.2 Å². The van der Waals surface area contributed by atoms with Crippen LogP contribution < -0.4 is 16.0 Å². The molecule has 0 bridgehead atoms. The molecule has 2 unspecified atom stereocenters. The fourth-order valence-corrected chi connectivity index (χ4v) is 4.66. The highest BCUT2D eigenvalue weighted by Crippen LogP contribution is 2.42. The average molecular weight is 389 g/mol. The molecule has 2 saturated carbocycles. The maximum absolute atomic E-state index is 12.8. The van der Waals surface area contributed by atoms with Crippen LogP contribution in [0.5, 0.6) is 0 Å². The van der Waals surface area contributed by atoms with E-state index in [-0.39, 0.29) is 35.7 Å². The Kier molecular flexibility index (Phi) is 4.84. The Morgan fingerprint density at radius 1 is 0.690 bits per heavy atom. The Morgan fingerprint density at radius 3 is 1.52 bits per heavy atom. The average Bonchev–Trinajstić information content (AvgIpc) is 3.65. The molecule has 2 aliphatic carbocycles. The summed E-state index contributed by atoms with van der Waals surface area (Å²) < 4.78 is 0. The molecule has 0 radical (unpaired) electrons. The quantitative estimate of drug-likeness (QED) is 0.709.